The van der Waals surface area contributed by atoms with E-state index in [1.165, 1.54) is 17.4 Å². The topological polar surface area (TPSA) is 46.3 Å². The molecular weight excluding hydrogens is 265 g/mol. The van der Waals surface area contributed by atoms with Crippen molar-refractivity contribution in [3.63, 3.8) is 0 Å². The number of thiazole rings is 1. The predicted octanol–water partition coefficient (Wildman–Crippen LogP) is 3.73. The van der Waals surface area contributed by atoms with Gasteiger partial charge < -0.3 is 9.52 Å². The summed E-state index contributed by atoms with van der Waals surface area (Å²) in [5.74, 6) is -0.0833. The lowest BCUT2D eigenvalue weighted by Crippen LogP contribution is -1.97. The van der Waals surface area contributed by atoms with Crippen LogP contribution in [0.15, 0.2) is 28.7 Å². The minimum atomic E-state index is -0.905. The fourth-order valence-electron chi connectivity index (χ4n) is 2.11. The van der Waals surface area contributed by atoms with E-state index in [-0.39, 0.29) is 5.58 Å². The number of hydrogen-bond acceptors (Lipinski definition) is 4. The fourth-order valence-corrected chi connectivity index (χ4v) is 3.03. The minimum Gasteiger partial charge on any atom is -0.455 e. The van der Waals surface area contributed by atoms with Crippen molar-refractivity contribution < 1.29 is 13.9 Å². The van der Waals surface area contributed by atoms with Crippen LogP contribution in [0.2, 0.25) is 0 Å². The standard InChI is InChI=1S/C14H12FNO2S/c1-7-14(19-8(2)16-7)12(17)11-6-9-4-3-5-10(15)13(9)18-11/h3-6,12,17H,1-2H3. The lowest BCUT2D eigenvalue weighted by molar-refractivity contribution is 0.194. The van der Waals surface area contributed by atoms with Crippen molar-refractivity contribution >= 4 is 22.3 Å². The van der Waals surface area contributed by atoms with Gasteiger partial charge in [-0.15, -0.1) is 11.3 Å². The number of aliphatic hydroxyl groups is 1. The first-order valence-corrected chi connectivity index (χ1v) is 6.68. The van der Waals surface area contributed by atoms with E-state index in [1.807, 2.05) is 13.8 Å². The maximum atomic E-state index is 13.6. The Bertz CT molecular complexity index is 747. The Morgan fingerprint density at radius 3 is 2.79 bits per heavy atom. The number of furan rings is 1. The van der Waals surface area contributed by atoms with Crippen molar-refractivity contribution in [2.24, 2.45) is 0 Å². The molecule has 0 bridgehead atoms. The molecule has 2 heterocycles. The van der Waals surface area contributed by atoms with E-state index in [2.05, 4.69) is 4.98 Å². The lowest BCUT2D eigenvalue weighted by Gasteiger charge is -2.05. The van der Waals surface area contributed by atoms with Crippen molar-refractivity contribution in [3.8, 4) is 0 Å². The Morgan fingerprint density at radius 2 is 2.16 bits per heavy atom. The first-order chi connectivity index (χ1) is 9.06. The van der Waals surface area contributed by atoms with Crippen LogP contribution in [0.5, 0.6) is 0 Å². The highest BCUT2D eigenvalue weighted by molar-refractivity contribution is 7.11. The zero-order valence-electron chi connectivity index (χ0n) is 10.5. The molecular formula is C14H12FNO2S. The third-order valence-corrected chi connectivity index (χ3v) is 4.10. The Balaban J connectivity index is 2.09. The Labute approximate surface area is 113 Å². The molecule has 0 saturated heterocycles. The summed E-state index contributed by atoms with van der Waals surface area (Å²) in [6, 6.07) is 6.37. The molecule has 19 heavy (non-hydrogen) atoms. The van der Waals surface area contributed by atoms with Crippen LogP contribution in [0.1, 0.15) is 27.4 Å². The molecule has 3 aromatic rings. The highest BCUT2D eigenvalue weighted by Gasteiger charge is 2.21. The molecule has 3 rings (SSSR count). The average Bonchev–Trinajstić information content (AvgIpc) is 2.93. The van der Waals surface area contributed by atoms with Crippen molar-refractivity contribution in [3.05, 3.63) is 51.4 Å². The van der Waals surface area contributed by atoms with E-state index in [4.69, 9.17) is 4.42 Å². The maximum Gasteiger partial charge on any atom is 0.170 e. The van der Waals surface area contributed by atoms with Gasteiger partial charge in [0.15, 0.2) is 11.4 Å². The third-order valence-electron chi connectivity index (χ3n) is 2.97. The number of aromatic nitrogens is 1. The SMILES string of the molecule is Cc1nc(C)c(C(O)c2cc3cccc(F)c3o2)s1. The van der Waals surface area contributed by atoms with Gasteiger partial charge in [-0.2, -0.15) is 0 Å². The molecule has 1 aromatic carbocycles. The number of aliphatic hydroxyl groups excluding tert-OH is 1. The summed E-state index contributed by atoms with van der Waals surface area (Å²) in [7, 11) is 0. The van der Waals surface area contributed by atoms with E-state index in [0.29, 0.717) is 11.1 Å². The molecule has 0 aliphatic heterocycles. The van der Waals surface area contributed by atoms with Crippen LogP contribution in [-0.2, 0) is 0 Å². The summed E-state index contributed by atoms with van der Waals surface area (Å²) in [6.07, 6.45) is -0.905. The molecule has 3 nitrogen and oxygen atoms in total. The molecule has 0 spiro atoms. The van der Waals surface area contributed by atoms with Crippen molar-refractivity contribution in [1.82, 2.24) is 4.98 Å². The maximum absolute atomic E-state index is 13.6. The number of para-hydroxylation sites is 1. The number of fused-ring (bicyclic) bond motifs is 1. The second-order valence-corrected chi connectivity index (χ2v) is 5.63. The number of rotatable bonds is 2. The van der Waals surface area contributed by atoms with Crippen LogP contribution in [0, 0.1) is 19.7 Å². The summed E-state index contributed by atoms with van der Waals surface area (Å²) < 4.78 is 19.0. The molecule has 98 valence electrons. The summed E-state index contributed by atoms with van der Waals surface area (Å²) in [5.41, 5.74) is 0.950. The van der Waals surface area contributed by atoms with Gasteiger partial charge in [-0.3, -0.25) is 0 Å². The highest BCUT2D eigenvalue weighted by Crippen LogP contribution is 2.33. The zero-order valence-corrected chi connectivity index (χ0v) is 11.3. The van der Waals surface area contributed by atoms with Gasteiger partial charge in [0.2, 0.25) is 0 Å². The van der Waals surface area contributed by atoms with Crippen molar-refractivity contribution in [1.29, 1.82) is 0 Å². The molecule has 5 heteroatoms. The molecule has 0 saturated carbocycles. The molecule has 0 aliphatic carbocycles. The minimum absolute atomic E-state index is 0.176. The van der Waals surface area contributed by atoms with E-state index >= 15 is 0 Å². The molecule has 0 amide bonds. The van der Waals surface area contributed by atoms with E-state index in [1.54, 1.807) is 18.2 Å². The average molecular weight is 277 g/mol. The first-order valence-electron chi connectivity index (χ1n) is 5.86. The molecule has 2 aromatic heterocycles. The zero-order chi connectivity index (χ0) is 13.6. The lowest BCUT2D eigenvalue weighted by atomic mass is 10.2. The normalized spacial score (nSPS) is 13.1. The number of aryl methyl sites for hydroxylation is 2. The molecule has 1 unspecified atom stereocenters. The molecule has 0 radical (unpaired) electrons. The monoisotopic (exact) mass is 277 g/mol. The molecule has 1 N–H and O–H groups in total. The van der Waals surface area contributed by atoms with Gasteiger partial charge in [-0.05, 0) is 26.0 Å². The smallest absolute Gasteiger partial charge is 0.170 e. The van der Waals surface area contributed by atoms with Gasteiger partial charge >= 0.3 is 0 Å². The second-order valence-electron chi connectivity index (χ2n) is 4.39. The molecule has 1 atom stereocenters. The molecule has 0 fully saturated rings. The predicted molar refractivity (Wildman–Crippen MR) is 71.8 cm³/mol. The quantitative estimate of drug-likeness (QED) is 0.776. The Hall–Kier alpha value is -1.72. The Morgan fingerprint density at radius 1 is 1.37 bits per heavy atom. The van der Waals surface area contributed by atoms with Gasteiger partial charge in [0, 0.05) is 5.39 Å². The van der Waals surface area contributed by atoms with Crippen molar-refractivity contribution in [2.45, 2.75) is 20.0 Å². The summed E-state index contributed by atoms with van der Waals surface area (Å²) in [6.45, 7) is 3.72. The number of nitrogens with zero attached hydrogens (tertiary/aromatic N) is 1. The largest absolute Gasteiger partial charge is 0.455 e. The Kier molecular flexibility index (Phi) is 2.88. The van der Waals surface area contributed by atoms with Crippen molar-refractivity contribution in [2.75, 3.05) is 0 Å². The second kappa shape index (κ2) is 4.43. The molecule has 0 aliphatic rings. The van der Waals surface area contributed by atoms with Crippen LogP contribution in [0.4, 0.5) is 4.39 Å². The van der Waals surface area contributed by atoms with Crippen LogP contribution in [-0.4, -0.2) is 10.1 Å². The van der Waals surface area contributed by atoms with E-state index in [0.717, 1.165) is 15.6 Å². The fraction of sp³-hybridized carbons (Fsp3) is 0.214. The first kappa shape index (κ1) is 12.3. The number of halogens is 1. The van der Waals surface area contributed by atoms with Gasteiger partial charge in [-0.1, -0.05) is 12.1 Å². The number of benzene rings is 1. The van der Waals surface area contributed by atoms with Gasteiger partial charge in [-0.25, -0.2) is 9.37 Å². The summed E-state index contributed by atoms with van der Waals surface area (Å²) in [4.78, 5) is 5.01. The summed E-state index contributed by atoms with van der Waals surface area (Å²) >= 11 is 1.42. The third kappa shape index (κ3) is 2.05. The summed E-state index contributed by atoms with van der Waals surface area (Å²) in [5, 5.41) is 11.9. The van der Waals surface area contributed by atoms with Crippen LogP contribution in [0.25, 0.3) is 11.0 Å². The number of hydrogen-bond donors (Lipinski definition) is 1. The van der Waals surface area contributed by atoms with Crippen LogP contribution >= 0.6 is 11.3 Å². The van der Waals surface area contributed by atoms with Crippen LogP contribution < -0.4 is 0 Å². The van der Waals surface area contributed by atoms with E-state index < -0.39 is 11.9 Å². The van der Waals surface area contributed by atoms with Gasteiger partial charge in [0.05, 0.1) is 15.6 Å². The van der Waals surface area contributed by atoms with Crippen LogP contribution in [0.3, 0.4) is 0 Å². The highest BCUT2D eigenvalue weighted by atomic mass is 32.1. The van der Waals surface area contributed by atoms with Gasteiger partial charge in [0.1, 0.15) is 11.9 Å². The van der Waals surface area contributed by atoms with Gasteiger partial charge in [0.25, 0.3) is 0 Å². The van der Waals surface area contributed by atoms with E-state index in [9.17, 15) is 9.50 Å².